The number of ether oxygens (including phenoxy) is 3. The average molecular weight is 472 g/mol. The molecule has 0 radical (unpaired) electrons. The Morgan fingerprint density at radius 1 is 1.00 bits per heavy atom. The third-order valence-electron chi connectivity index (χ3n) is 11.1. The summed E-state index contributed by atoms with van der Waals surface area (Å²) in [5.74, 6) is -1.34. The van der Waals surface area contributed by atoms with Crippen LogP contribution in [0.5, 0.6) is 0 Å². The molecule has 34 heavy (non-hydrogen) atoms. The lowest BCUT2D eigenvalue weighted by atomic mass is 9.39. The molecule has 13 atom stereocenters. The predicted octanol–water partition coefficient (Wildman–Crippen LogP) is 1.59. The molecule has 9 rings (SSSR count). The fourth-order valence-corrected chi connectivity index (χ4v) is 11.6. The zero-order valence-corrected chi connectivity index (χ0v) is 20.2. The number of carbonyl (C=O) groups excluding carboxylic acids is 3. The first-order valence-corrected chi connectivity index (χ1v) is 12.6. The van der Waals surface area contributed by atoms with E-state index < -0.39 is 35.1 Å². The molecule has 3 heterocycles. The monoisotopic (exact) mass is 471 g/mol. The summed E-state index contributed by atoms with van der Waals surface area (Å²) in [6.45, 7) is 11.7. The van der Waals surface area contributed by atoms with E-state index in [0.29, 0.717) is 24.8 Å². The summed E-state index contributed by atoms with van der Waals surface area (Å²) in [5, 5.41) is 12.8. The molecule has 0 amide bonds. The molecule has 8 heteroatoms. The van der Waals surface area contributed by atoms with Crippen molar-refractivity contribution < 1.29 is 33.7 Å². The highest BCUT2D eigenvalue weighted by Crippen LogP contribution is 2.88. The molecule has 1 N–H and O–H groups in total. The highest BCUT2D eigenvalue weighted by molar-refractivity contribution is 5.68. The molecule has 9 fully saturated rings. The second-order valence-corrected chi connectivity index (χ2v) is 12.7. The summed E-state index contributed by atoms with van der Waals surface area (Å²) >= 11 is 0. The summed E-state index contributed by atoms with van der Waals surface area (Å²) in [7, 11) is 0. The summed E-state index contributed by atoms with van der Waals surface area (Å²) in [6, 6.07) is 0.101. The van der Waals surface area contributed by atoms with Crippen molar-refractivity contribution in [3.8, 4) is 0 Å². The molecule has 0 aromatic carbocycles. The van der Waals surface area contributed by atoms with Crippen LogP contribution in [0.25, 0.3) is 0 Å². The fraction of sp³-hybridized carbons (Fsp3) is 0.808. The maximum atomic E-state index is 12.8. The van der Waals surface area contributed by atoms with Crippen molar-refractivity contribution in [2.75, 3.05) is 6.54 Å². The summed E-state index contributed by atoms with van der Waals surface area (Å²) in [6.07, 6.45) is 1.31. The van der Waals surface area contributed by atoms with E-state index in [4.69, 9.17) is 14.2 Å². The van der Waals surface area contributed by atoms with Gasteiger partial charge in [0.05, 0.1) is 5.92 Å². The SMILES string of the molecule is C=C1C[C@@]23C[C@H]4[C@@H]5[C@@]6(C)C[C@H](OC(C)=O)C[C@@]57[C@H]2[C@H](OC(C)=O)[C@H]1[C@H](OC(C)=O)[C@]3(O)[C@H]7N4C6. The standard InChI is InChI=1S/C26H33NO7/c1-11-6-24-9-16-19-23(5)7-15(32-12(2)28)8-25(19)20(24)18(33-13(3)29)17(11)21(34-14(4)30)26(24,31)22(25)27(16)10-23/h15-22,31H,1,6-10H2,2-5H3/t15-,16-,17-,18+,19+,20-,21-,22-,23-,24+,25-,26-/m0/s1. The smallest absolute Gasteiger partial charge is 0.303 e. The second kappa shape index (κ2) is 5.89. The van der Waals surface area contributed by atoms with Crippen LogP contribution in [0.15, 0.2) is 12.2 Å². The van der Waals surface area contributed by atoms with Crippen LogP contribution in [0.4, 0.5) is 0 Å². The van der Waals surface area contributed by atoms with Gasteiger partial charge in [-0.1, -0.05) is 19.1 Å². The van der Waals surface area contributed by atoms with Gasteiger partial charge in [-0.05, 0) is 37.0 Å². The molecular formula is C26H33NO7. The topological polar surface area (TPSA) is 102 Å². The predicted molar refractivity (Wildman–Crippen MR) is 117 cm³/mol. The van der Waals surface area contributed by atoms with Crippen molar-refractivity contribution in [1.29, 1.82) is 0 Å². The van der Waals surface area contributed by atoms with Gasteiger partial charge in [0.15, 0.2) is 0 Å². The lowest BCUT2D eigenvalue weighted by molar-refractivity contribution is -0.287. The minimum Gasteiger partial charge on any atom is -0.463 e. The van der Waals surface area contributed by atoms with Crippen LogP contribution >= 0.6 is 0 Å². The number of esters is 3. The molecule has 9 bridgehead atoms. The van der Waals surface area contributed by atoms with Gasteiger partial charge in [-0.15, -0.1) is 0 Å². The fourth-order valence-electron chi connectivity index (χ4n) is 11.6. The second-order valence-electron chi connectivity index (χ2n) is 12.7. The van der Waals surface area contributed by atoms with Gasteiger partial charge in [-0.25, -0.2) is 0 Å². The van der Waals surface area contributed by atoms with Gasteiger partial charge < -0.3 is 19.3 Å². The highest BCUT2D eigenvalue weighted by atomic mass is 16.6. The maximum absolute atomic E-state index is 12.8. The number of nitrogens with zero attached hydrogens (tertiary/aromatic N) is 1. The molecule has 6 saturated carbocycles. The first kappa shape index (κ1) is 21.4. The van der Waals surface area contributed by atoms with Crippen LogP contribution in [-0.2, 0) is 28.6 Å². The van der Waals surface area contributed by atoms with Crippen molar-refractivity contribution in [2.24, 2.45) is 34.0 Å². The third kappa shape index (κ3) is 1.95. The van der Waals surface area contributed by atoms with E-state index in [1.807, 2.05) is 0 Å². The van der Waals surface area contributed by atoms with Gasteiger partial charge in [0.25, 0.3) is 0 Å². The Balaban J connectivity index is 1.48. The molecule has 6 aliphatic carbocycles. The average Bonchev–Trinajstić information content (AvgIpc) is 3.09. The number of hydrogen-bond donors (Lipinski definition) is 1. The Bertz CT molecular complexity index is 1070. The summed E-state index contributed by atoms with van der Waals surface area (Å²) < 4.78 is 17.9. The van der Waals surface area contributed by atoms with Gasteiger partial charge in [0.2, 0.25) is 0 Å². The molecule has 3 aliphatic heterocycles. The van der Waals surface area contributed by atoms with Crippen LogP contribution < -0.4 is 0 Å². The van der Waals surface area contributed by atoms with E-state index in [0.717, 1.165) is 25.0 Å². The van der Waals surface area contributed by atoms with Crippen molar-refractivity contribution in [3.05, 3.63) is 12.2 Å². The van der Waals surface area contributed by atoms with Gasteiger partial charge in [-0.2, -0.15) is 0 Å². The minimum atomic E-state index is -1.25. The number of carbonyl (C=O) groups is 3. The number of aliphatic hydroxyl groups is 1. The largest absolute Gasteiger partial charge is 0.463 e. The number of hydrogen-bond acceptors (Lipinski definition) is 8. The first-order valence-electron chi connectivity index (χ1n) is 12.6. The Morgan fingerprint density at radius 3 is 2.32 bits per heavy atom. The van der Waals surface area contributed by atoms with E-state index in [1.54, 1.807) is 0 Å². The third-order valence-corrected chi connectivity index (χ3v) is 11.1. The number of rotatable bonds is 3. The van der Waals surface area contributed by atoms with E-state index >= 15 is 0 Å². The van der Waals surface area contributed by atoms with Crippen LogP contribution in [-0.4, -0.2) is 70.5 Å². The molecule has 2 spiro atoms. The number of fused-ring (bicyclic) bond motifs is 1. The van der Waals surface area contributed by atoms with Crippen LogP contribution in [0.2, 0.25) is 0 Å². The molecule has 1 unspecified atom stereocenters. The lowest BCUT2D eigenvalue weighted by Gasteiger charge is -2.68. The van der Waals surface area contributed by atoms with E-state index in [1.165, 1.54) is 20.8 Å². The molecule has 8 nitrogen and oxygen atoms in total. The van der Waals surface area contributed by atoms with Gasteiger partial charge in [0.1, 0.15) is 23.9 Å². The molecule has 184 valence electrons. The number of piperidine rings is 2. The Labute approximate surface area is 199 Å². The van der Waals surface area contributed by atoms with E-state index in [2.05, 4.69) is 18.4 Å². The molecule has 0 aromatic rings. The maximum Gasteiger partial charge on any atom is 0.303 e. The zero-order chi connectivity index (χ0) is 24.2. The van der Waals surface area contributed by atoms with Crippen LogP contribution in [0.3, 0.4) is 0 Å². The molecule has 3 saturated heterocycles. The highest BCUT2D eigenvalue weighted by Gasteiger charge is 2.96. The van der Waals surface area contributed by atoms with Gasteiger partial charge >= 0.3 is 17.9 Å². The van der Waals surface area contributed by atoms with Crippen LogP contribution in [0.1, 0.15) is 53.4 Å². The lowest BCUT2D eigenvalue weighted by Crippen LogP contribution is -2.77. The molecule has 0 aromatic heterocycles. The molecule has 9 aliphatic rings. The van der Waals surface area contributed by atoms with Crippen molar-refractivity contribution >= 4 is 17.9 Å². The van der Waals surface area contributed by atoms with Crippen LogP contribution in [0, 0.1) is 34.0 Å². The summed E-state index contributed by atoms with van der Waals surface area (Å²) in [5.41, 5.74) is -1.37. The first-order chi connectivity index (χ1) is 15.9. The Kier molecular flexibility index (Phi) is 3.70. The Hall–Kier alpha value is -1.93. The minimum absolute atomic E-state index is 0.0526. The van der Waals surface area contributed by atoms with Crippen molar-refractivity contribution in [2.45, 2.75) is 89.4 Å². The van der Waals surface area contributed by atoms with Crippen molar-refractivity contribution in [3.63, 3.8) is 0 Å². The normalized spacial score (nSPS) is 58.7. The van der Waals surface area contributed by atoms with E-state index in [9.17, 15) is 19.5 Å². The zero-order valence-electron chi connectivity index (χ0n) is 20.2. The quantitative estimate of drug-likeness (QED) is 0.376. The Morgan fingerprint density at radius 2 is 1.68 bits per heavy atom. The van der Waals surface area contributed by atoms with Gasteiger partial charge in [0, 0.05) is 56.1 Å². The van der Waals surface area contributed by atoms with Gasteiger partial charge in [-0.3, -0.25) is 19.3 Å². The summed E-state index contributed by atoms with van der Waals surface area (Å²) in [4.78, 5) is 39.2. The molecular weight excluding hydrogens is 438 g/mol. The van der Waals surface area contributed by atoms with E-state index in [-0.39, 0.29) is 40.8 Å². The van der Waals surface area contributed by atoms with Crippen molar-refractivity contribution in [1.82, 2.24) is 4.90 Å².